The number of halogens is 4. The number of anilines is 1. The van der Waals surface area contributed by atoms with Gasteiger partial charge in [0.1, 0.15) is 5.82 Å². The Morgan fingerprint density at radius 1 is 1.29 bits per heavy atom. The fraction of sp³-hybridized carbons (Fsp3) is 0.643. The minimum absolute atomic E-state index is 0.00932. The van der Waals surface area contributed by atoms with Crippen molar-refractivity contribution in [2.75, 3.05) is 18.4 Å². The van der Waals surface area contributed by atoms with Crippen molar-refractivity contribution in [3.05, 3.63) is 22.8 Å². The highest BCUT2D eigenvalue weighted by atomic mass is 35.5. The molecular formula is C14H19ClF3N3. The fourth-order valence-electron chi connectivity index (χ4n) is 2.81. The monoisotopic (exact) mass is 321 g/mol. The molecule has 0 amide bonds. The Hall–Kier alpha value is -1.01. The summed E-state index contributed by atoms with van der Waals surface area (Å²) in [7, 11) is 0. The zero-order valence-electron chi connectivity index (χ0n) is 11.6. The van der Waals surface area contributed by atoms with Gasteiger partial charge in [0.15, 0.2) is 0 Å². The van der Waals surface area contributed by atoms with Gasteiger partial charge in [-0.1, -0.05) is 24.4 Å². The summed E-state index contributed by atoms with van der Waals surface area (Å²) in [6.45, 7) is 1.28. The Morgan fingerprint density at radius 3 is 2.52 bits per heavy atom. The van der Waals surface area contributed by atoms with Crippen molar-refractivity contribution >= 4 is 17.4 Å². The van der Waals surface area contributed by atoms with Crippen LogP contribution in [-0.2, 0) is 6.18 Å². The third-order valence-corrected chi connectivity index (χ3v) is 4.36. The summed E-state index contributed by atoms with van der Waals surface area (Å²) < 4.78 is 37.6. The maximum atomic E-state index is 12.5. The highest BCUT2D eigenvalue weighted by Gasteiger charge is 2.31. The average molecular weight is 322 g/mol. The number of aromatic nitrogens is 1. The first-order valence-corrected chi connectivity index (χ1v) is 7.46. The van der Waals surface area contributed by atoms with E-state index in [9.17, 15) is 13.2 Å². The van der Waals surface area contributed by atoms with Crippen LogP contribution < -0.4 is 11.1 Å². The van der Waals surface area contributed by atoms with Crippen LogP contribution in [0.5, 0.6) is 0 Å². The predicted molar refractivity (Wildman–Crippen MR) is 77.2 cm³/mol. The fourth-order valence-corrected chi connectivity index (χ4v) is 3.05. The zero-order valence-corrected chi connectivity index (χ0v) is 12.3. The van der Waals surface area contributed by atoms with E-state index in [1.54, 1.807) is 0 Å². The minimum atomic E-state index is -4.43. The van der Waals surface area contributed by atoms with E-state index in [2.05, 4.69) is 10.3 Å². The van der Waals surface area contributed by atoms with E-state index in [1.165, 1.54) is 6.42 Å². The number of nitrogens with zero attached hydrogens (tertiary/aromatic N) is 1. The van der Waals surface area contributed by atoms with Gasteiger partial charge in [-0.25, -0.2) is 4.98 Å². The third kappa shape index (κ3) is 4.23. The SMILES string of the molecule is NCC1CCCCC1CNc1ncc(C(F)(F)F)cc1Cl. The van der Waals surface area contributed by atoms with Crippen molar-refractivity contribution in [2.24, 2.45) is 17.6 Å². The molecule has 1 aromatic rings. The molecular weight excluding hydrogens is 303 g/mol. The quantitative estimate of drug-likeness (QED) is 0.883. The van der Waals surface area contributed by atoms with Gasteiger partial charge in [0.25, 0.3) is 0 Å². The lowest BCUT2D eigenvalue weighted by Gasteiger charge is -2.31. The smallest absolute Gasteiger partial charge is 0.369 e. The molecule has 1 aliphatic rings. The molecule has 1 heterocycles. The molecule has 0 aromatic carbocycles. The second-order valence-electron chi connectivity index (χ2n) is 5.47. The molecule has 2 atom stereocenters. The summed E-state index contributed by atoms with van der Waals surface area (Å²) in [4.78, 5) is 3.79. The molecule has 0 radical (unpaired) electrons. The molecule has 1 aromatic heterocycles. The average Bonchev–Trinajstić information content (AvgIpc) is 2.45. The van der Waals surface area contributed by atoms with Crippen molar-refractivity contribution in [2.45, 2.75) is 31.9 Å². The first-order valence-electron chi connectivity index (χ1n) is 7.08. The summed E-state index contributed by atoms with van der Waals surface area (Å²) >= 11 is 5.87. The van der Waals surface area contributed by atoms with Crippen molar-refractivity contribution in [3.8, 4) is 0 Å². The van der Waals surface area contributed by atoms with Gasteiger partial charge in [-0.15, -0.1) is 0 Å². The molecule has 21 heavy (non-hydrogen) atoms. The lowest BCUT2D eigenvalue weighted by atomic mass is 9.79. The standard InChI is InChI=1S/C14H19ClF3N3/c15-12-5-11(14(16,17)18)8-21-13(12)20-7-10-4-2-1-3-9(10)6-19/h5,8-10H,1-4,6-7,19H2,(H,20,21). The summed E-state index contributed by atoms with van der Waals surface area (Å²) in [5.41, 5.74) is 4.93. The summed E-state index contributed by atoms with van der Waals surface area (Å²) in [5, 5.41) is 3.05. The van der Waals surface area contributed by atoms with E-state index in [-0.39, 0.29) is 5.02 Å². The van der Waals surface area contributed by atoms with Crippen LogP contribution in [-0.4, -0.2) is 18.1 Å². The van der Waals surface area contributed by atoms with Crippen LogP contribution in [0.4, 0.5) is 19.0 Å². The molecule has 0 spiro atoms. The Labute approximate surface area is 127 Å². The van der Waals surface area contributed by atoms with Crippen LogP contribution in [0, 0.1) is 11.8 Å². The van der Waals surface area contributed by atoms with Gasteiger partial charge in [-0.05, 0) is 37.3 Å². The normalized spacial score (nSPS) is 23.1. The van der Waals surface area contributed by atoms with Gasteiger partial charge in [-0.3, -0.25) is 0 Å². The molecule has 0 saturated heterocycles. The van der Waals surface area contributed by atoms with Crippen LogP contribution in [0.2, 0.25) is 5.02 Å². The van der Waals surface area contributed by atoms with E-state index >= 15 is 0 Å². The molecule has 1 fully saturated rings. The van der Waals surface area contributed by atoms with Crippen LogP contribution in [0.3, 0.4) is 0 Å². The molecule has 7 heteroatoms. The Bertz CT molecular complexity index is 479. The summed E-state index contributed by atoms with van der Waals surface area (Å²) in [6, 6.07) is 0.901. The maximum Gasteiger partial charge on any atom is 0.417 e. The highest BCUT2D eigenvalue weighted by Crippen LogP contribution is 2.33. The van der Waals surface area contributed by atoms with Gasteiger partial charge in [0, 0.05) is 12.7 Å². The molecule has 3 N–H and O–H groups in total. The summed E-state index contributed by atoms with van der Waals surface area (Å²) in [6.07, 6.45) is 0.914. The molecule has 0 aliphatic heterocycles. The Kier molecular flexibility index (Phi) is 5.32. The van der Waals surface area contributed by atoms with Crippen LogP contribution in [0.25, 0.3) is 0 Å². The first-order chi connectivity index (χ1) is 9.91. The molecule has 0 bridgehead atoms. The molecule has 1 aliphatic carbocycles. The Balaban J connectivity index is 2.00. The number of nitrogens with one attached hydrogen (secondary N) is 1. The van der Waals surface area contributed by atoms with E-state index in [0.717, 1.165) is 31.5 Å². The zero-order chi connectivity index (χ0) is 15.5. The van der Waals surface area contributed by atoms with Crippen molar-refractivity contribution < 1.29 is 13.2 Å². The molecule has 2 unspecified atom stereocenters. The Morgan fingerprint density at radius 2 is 1.95 bits per heavy atom. The lowest BCUT2D eigenvalue weighted by molar-refractivity contribution is -0.137. The number of alkyl halides is 3. The second kappa shape index (κ2) is 6.83. The summed E-state index contributed by atoms with van der Waals surface area (Å²) in [5.74, 6) is 1.18. The van der Waals surface area contributed by atoms with E-state index < -0.39 is 11.7 Å². The van der Waals surface area contributed by atoms with Gasteiger partial charge >= 0.3 is 6.18 Å². The second-order valence-corrected chi connectivity index (χ2v) is 5.88. The number of hydrogen-bond acceptors (Lipinski definition) is 3. The van der Waals surface area contributed by atoms with E-state index in [0.29, 0.717) is 30.7 Å². The molecule has 1 saturated carbocycles. The van der Waals surface area contributed by atoms with Crippen molar-refractivity contribution in [1.82, 2.24) is 4.98 Å². The topological polar surface area (TPSA) is 50.9 Å². The minimum Gasteiger partial charge on any atom is -0.369 e. The molecule has 3 nitrogen and oxygen atoms in total. The van der Waals surface area contributed by atoms with Gasteiger partial charge in [0.05, 0.1) is 10.6 Å². The number of pyridine rings is 1. The largest absolute Gasteiger partial charge is 0.417 e. The van der Waals surface area contributed by atoms with Gasteiger partial charge in [-0.2, -0.15) is 13.2 Å². The first kappa shape index (κ1) is 16.4. The number of nitrogens with two attached hydrogens (primary N) is 1. The lowest BCUT2D eigenvalue weighted by Crippen LogP contribution is -2.31. The maximum absolute atomic E-state index is 12.5. The van der Waals surface area contributed by atoms with E-state index in [1.807, 2.05) is 0 Å². The van der Waals surface area contributed by atoms with Crippen molar-refractivity contribution in [1.29, 1.82) is 0 Å². The van der Waals surface area contributed by atoms with Gasteiger partial charge in [0.2, 0.25) is 0 Å². The van der Waals surface area contributed by atoms with Crippen LogP contribution in [0.1, 0.15) is 31.2 Å². The predicted octanol–water partition coefficient (Wildman–Crippen LogP) is 3.93. The van der Waals surface area contributed by atoms with Crippen LogP contribution >= 0.6 is 11.6 Å². The van der Waals surface area contributed by atoms with Crippen LogP contribution in [0.15, 0.2) is 12.3 Å². The highest BCUT2D eigenvalue weighted by molar-refractivity contribution is 6.32. The third-order valence-electron chi connectivity index (χ3n) is 4.07. The van der Waals surface area contributed by atoms with Gasteiger partial charge < -0.3 is 11.1 Å². The number of hydrogen-bond donors (Lipinski definition) is 2. The molecule has 118 valence electrons. The number of rotatable bonds is 4. The molecule has 2 rings (SSSR count). The van der Waals surface area contributed by atoms with Crippen molar-refractivity contribution in [3.63, 3.8) is 0 Å². The van der Waals surface area contributed by atoms with E-state index in [4.69, 9.17) is 17.3 Å².